The molecule has 4 heteroatoms. The molecule has 19 heavy (non-hydrogen) atoms. The van der Waals surface area contributed by atoms with E-state index < -0.39 is 0 Å². The molecule has 0 aliphatic heterocycles. The lowest BCUT2D eigenvalue weighted by Gasteiger charge is -2.22. The molecule has 1 aliphatic carbocycles. The molecule has 0 amide bonds. The van der Waals surface area contributed by atoms with E-state index in [0.29, 0.717) is 0 Å². The Kier molecular flexibility index (Phi) is 10.0. The Morgan fingerprint density at radius 3 is 2.53 bits per heavy atom. The van der Waals surface area contributed by atoms with Gasteiger partial charge in [-0.05, 0) is 37.2 Å². The van der Waals surface area contributed by atoms with Gasteiger partial charge >= 0.3 is 0 Å². The molecule has 0 bridgehead atoms. The first-order chi connectivity index (χ1) is 9.36. The number of guanidine groups is 1. The van der Waals surface area contributed by atoms with E-state index in [2.05, 4.69) is 21.9 Å². The highest BCUT2D eigenvalue weighted by atomic mass is 32.2. The third kappa shape index (κ3) is 8.40. The zero-order valence-corrected chi connectivity index (χ0v) is 13.5. The summed E-state index contributed by atoms with van der Waals surface area (Å²) in [6.45, 7) is 2.10. The first kappa shape index (κ1) is 16.7. The summed E-state index contributed by atoms with van der Waals surface area (Å²) in [6.07, 6.45) is 13.2. The van der Waals surface area contributed by atoms with Crippen LogP contribution in [0.3, 0.4) is 0 Å². The summed E-state index contributed by atoms with van der Waals surface area (Å²) in [5, 5.41) is 6.84. The molecule has 112 valence electrons. The van der Waals surface area contributed by atoms with Crippen molar-refractivity contribution in [1.29, 1.82) is 0 Å². The van der Waals surface area contributed by atoms with Crippen LogP contribution >= 0.6 is 11.8 Å². The second-order valence-corrected chi connectivity index (χ2v) is 6.40. The van der Waals surface area contributed by atoms with Crippen LogP contribution in [-0.4, -0.2) is 38.1 Å². The summed E-state index contributed by atoms with van der Waals surface area (Å²) in [5.41, 5.74) is 0. The SMILES string of the molecule is CN=C(NCCCCSC)NCCC1CCCCC1. The molecule has 2 N–H and O–H groups in total. The van der Waals surface area contributed by atoms with E-state index in [1.165, 1.54) is 57.1 Å². The molecule has 0 spiro atoms. The van der Waals surface area contributed by atoms with Crippen molar-refractivity contribution >= 4 is 17.7 Å². The van der Waals surface area contributed by atoms with Gasteiger partial charge in [-0.25, -0.2) is 0 Å². The number of rotatable bonds is 8. The first-order valence-corrected chi connectivity index (χ1v) is 9.19. The number of nitrogens with one attached hydrogen (secondary N) is 2. The van der Waals surface area contributed by atoms with Crippen molar-refractivity contribution in [3.63, 3.8) is 0 Å². The number of aliphatic imine (C=N–C) groups is 1. The molecule has 1 fully saturated rings. The third-order valence-corrected chi connectivity index (χ3v) is 4.56. The zero-order chi connectivity index (χ0) is 13.8. The van der Waals surface area contributed by atoms with Crippen molar-refractivity contribution in [3.05, 3.63) is 0 Å². The molecule has 0 unspecified atom stereocenters. The largest absolute Gasteiger partial charge is 0.356 e. The van der Waals surface area contributed by atoms with Gasteiger partial charge in [0.1, 0.15) is 0 Å². The number of thioether (sulfide) groups is 1. The number of unbranched alkanes of at least 4 members (excludes halogenated alkanes) is 1. The van der Waals surface area contributed by atoms with E-state index in [0.717, 1.165) is 25.0 Å². The molecule has 0 aromatic heterocycles. The molecule has 1 saturated carbocycles. The molecule has 0 atom stereocenters. The normalized spacial score (nSPS) is 17.5. The predicted octanol–water partition coefficient (Wildman–Crippen LogP) is 3.27. The highest BCUT2D eigenvalue weighted by molar-refractivity contribution is 7.98. The van der Waals surface area contributed by atoms with Crippen molar-refractivity contribution in [3.8, 4) is 0 Å². The zero-order valence-electron chi connectivity index (χ0n) is 12.7. The second-order valence-electron chi connectivity index (χ2n) is 5.42. The minimum Gasteiger partial charge on any atom is -0.356 e. The summed E-state index contributed by atoms with van der Waals surface area (Å²) in [7, 11) is 1.86. The van der Waals surface area contributed by atoms with Crippen molar-refractivity contribution < 1.29 is 0 Å². The van der Waals surface area contributed by atoms with Gasteiger partial charge in [0.25, 0.3) is 0 Å². The van der Waals surface area contributed by atoms with Crippen LogP contribution in [0.1, 0.15) is 51.4 Å². The van der Waals surface area contributed by atoms with Crippen LogP contribution in [-0.2, 0) is 0 Å². The molecule has 3 nitrogen and oxygen atoms in total. The molecule has 0 radical (unpaired) electrons. The lowest BCUT2D eigenvalue weighted by Crippen LogP contribution is -2.38. The summed E-state index contributed by atoms with van der Waals surface area (Å²) in [4.78, 5) is 4.28. The van der Waals surface area contributed by atoms with Gasteiger partial charge in [-0.2, -0.15) is 11.8 Å². The standard InChI is InChI=1S/C15H31N3S/c1-16-15(17-11-6-7-13-19-2)18-12-10-14-8-4-3-5-9-14/h14H,3-13H2,1-2H3,(H2,16,17,18). The van der Waals surface area contributed by atoms with Gasteiger partial charge in [0.15, 0.2) is 5.96 Å². The van der Waals surface area contributed by atoms with Crippen molar-refractivity contribution in [2.24, 2.45) is 10.9 Å². The van der Waals surface area contributed by atoms with E-state index in [1.807, 2.05) is 18.8 Å². The minimum atomic E-state index is 0.945. The Bertz CT molecular complexity index is 238. The topological polar surface area (TPSA) is 36.4 Å². The van der Waals surface area contributed by atoms with Crippen LogP contribution in [0.4, 0.5) is 0 Å². The van der Waals surface area contributed by atoms with Gasteiger partial charge in [0.05, 0.1) is 0 Å². The average Bonchev–Trinajstić information content (AvgIpc) is 2.46. The molecule has 0 aromatic carbocycles. The fraction of sp³-hybridized carbons (Fsp3) is 0.933. The highest BCUT2D eigenvalue weighted by Gasteiger charge is 2.12. The van der Waals surface area contributed by atoms with Gasteiger partial charge in [-0.3, -0.25) is 4.99 Å². The van der Waals surface area contributed by atoms with Crippen molar-refractivity contribution in [2.75, 3.05) is 32.1 Å². The van der Waals surface area contributed by atoms with Crippen LogP contribution in [0.2, 0.25) is 0 Å². The van der Waals surface area contributed by atoms with Crippen LogP contribution < -0.4 is 10.6 Å². The minimum absolute atomic E-state index is 0.945. The van der Waals surface area contributed by atoms with E-state index in [1.54, 1.807) is 0 Å². The van der Waals surface area contributed by atoms with Gasteiger partial charge in [0.2, 0.25) is 0 Å². The van der Waals surface area contributed by atoms with Crippen LogP contribution in [0.5, 0.6) is 0 Å². The van der Waals surface area contributed by atoms with Crippen LogP contribution in [0.25, 0.3) is 0 Å². The fourth-order valence-electron chi connectivity index (χ4n) is 2.67. The summed E-state index contributed by atoms with van der Waals surface area (Å²) >= 11 is 1.92. The first-order valence-electron chi connectivity index (χ1n) is 7.80. The van der Waals surface area contributed by atoms with Crippen molar-refractivity contribution in [2.45, 2.75) is 51.4 Å². The molecular formula is C15H31N3S. The smallest absolute Gasteiger partial charge is 0.190 e. The van der Waals surface area contributed by atoms with Crippen molar-refractivity contribution in [1.82, 2.24) is 10.6 Å². The predicted molar refractivity (Wildman–Crippen MR) is 88.2 cm³/mol. The van der Waals surface area contributed by atoms with Crippen LogP contribution in [0, 0.1) is 5.92 Å². The quantitative estimate of drug-likeness (QED) is 0.408. The monoisotopic (exact) mass is 285 g/mol. The third-order valence-electron chi connectivity index (χ3n) is 3.86. The van der Waals surface area contributed by atoms with Crippen LogP contribution in [0.15, 0.2) is 4.99 Å². The van der Waals surface area contributed by atoms with E-state index in [-0.39, 0.29) is 0 Å². The molecule has 1 aliphatic rings. The Balaban J connectivity index is 2.01. The lowest BCUT2D eigenvalue weighted by atomic mass is 9.87. The molecule has 0 saturated heterocycles. The van der Waals surface area contributed by atoms with Gasteiger partial charge in [-0.1, -0.05) is 32.1 Å². The molecule has 0 heterocycles. The Morgan fingerprint density at radius 2 is 1.84 bits per heavy atom. The van der Waals surface area contributed by atoms with Gasteiger partial charge < -0.3 is 10.6 Å². The summed E-state index contributed by atoms with van der Waals surface area (Å²) < 4.78 is 0. The van der Waals surface area contributed by atoms with Gasteiger partial charge in [0, 0.05) is 20.1 Å². The number of nitrogens with zero attached hydrogens (tertiary/aromatic N) is 1. The maximum Gasteiger partial charge on any atom is 0.190 e. The number of hydrogen-bond donors (Lipinski definition) is 2. The second kappa shape index (κ2) is 11.4. The Morgan fingerprint density at radius 1 is 1.11 bits per heavy atom. The number of hydrogen-bond acceptors (Lipinski definition) is 2. The van der Waals surface area contributed by atoms with E-state index in [4.69, 9.17) is 0 Å². The van der Waals surface area contributed by atoms with Gasteiger partial charge in [-0.15, -0.1) is 0 Å². The highest BCUT2D eigenvalue weighted by Crippen LogP contribution is 2.25. The molecule has 0 aromatic rings. The average molecular weight is 286 g/mol. The summed E-state index contributed by atoms with van der Waals surface area (Å²) in [6, 6.07) is 0. The lowest BCUT2D eigenvalue weighted by molar-refractivity contribution is 0.339. The molecular weight excluding hydrogens is 254 g/mol. The maximum atomic E-state index is 4.28. The maximum absolute atomic E-state index is 4.28. The molecule has 1 rings (SSSR count). The fourth-order valence-corrected chi connectivity index (χ4v) is 3.16. The Hall–Kier alpha value is -0.380. The summed E-state index contributed by atoms with van der Waals surface area (Å²) in [5.74, 6) is 3.18. The van der Waals surface area contributed by atoms with E-state index in [9.17, 15) is 0 Å². The van der Waals surface area contributed by atoms with E-state index >= 15 is 0 Å². The Labute approximate surface area is 123 Å².